The smallest absolute Gasteiger partial charge is 0.300 e. The lowest BCUT2D eigenvalue weighted by molar-refractivity contribution is -0.134. The molecule has 0 saturated carbocycles. The van der Waals surface area contributed by atoms with Gasteiger partial charge in [-0.3, -0.25) is 14.4 Å². The lowest BCUT2D eigenvalue weighted by Crippen LogP contribution is -2.20. The fraction of sp³-hybridized carbons (Fsp3) is 0.222. The molecule has 4 rings (SSSR count). The highest BCUT2D eigenvalue weighted by molar-refractivity contribution is 6.28. The molecule has 5 nitrogen and oxygen atoms in total. The van der Waals surface area contributed by atoms with Gasteiger partial charge in [-0.05, 0) is 12.1 Å². The van der Waals surface area contributed by atoms with Gasteiger partial charge in [-0.1, -0.05) is 94.4 Å². The maximum absolute atomic E-state index is 12.1. The lowest BCUT2D eigenvalue weighted by atomic mass is 9.84. The van der Waals surface area contributed by atoms with Gasteiger partial charge >= 0.3 is 0 Å². The molecule has 0 unspecified atom stereocenters. The Morgan fingerprint density at radius 1 is 0.625 bits per heavy atom. The SMILES string of the molecule is CC.CC.CC(=O)O.COc1ccccc1.O=C1c2ccccc2C(=O)c2ccccc21. The first kappa shape index (κ1) is 28.3. The summed E-state index contributed by atoms with van der Waals surface area (Å²) in [5.74, 6) is -0.0518. The van der Waals surface area contributed by atoms with Crippen molar-refractivity contribution in [3.05, 3.63) is 101 Å². The summed E-state index contributed by atoms with van der Waals surface area (Å²) in [6.45, 7) is 9.08. The summed E-state index contributed by atoms with van der Waals surface area (Å²) in [4.78, 5) is 33.2. The predicted molar refractivity (Wildman–Crippen MR) is 129 cm³/mol. The molecular formula is C27H32O5. The summed E-state index contributed by atoms with van der Waals surface area (Å²) >= 11 is 0. The van der Waals surface area contributed by atoms with Gasteiger partial charge in [-0.2, -0.15) is 0 Å². The van der Waals surface area contributed by atoms with Crippen LogP contribution < -0.4 is 4.74 Å². The van der Waals surface area contributed by atoms with Gasteiger partial charge in [0.15, 0.2) is 11.6 Å². The molecule has 0 atom stereocenters. The zero-order valence-electron chi connectivity index (χ0n) is 19.6. The van der Waals surface area contributed by atoms with E-state index in [1.807, 2.05) is 58.0 Å². The maximum atomic E-state index is 12.1. The van der Waals surface area contributed by atoms with Crippen LogP contribution in [-0.2, 0) is 4.79 Å². The van der Waals surface area contributed by atoms with Gasteiger partial charge in [0.25, 0.3) is 5.97 Å². The van der Waals surface area contributed by atoms with Crippen LogP contribution >= 0.6 is 0 Å². The number of aliphatic carboxylic acids is 1. The number of hydrogen-bond donors (Lipinski definition) is 1. The van der Waals surface area contributed by atoms with Crippen molar-refractivity contribution >= 4 is 17.5 Å². The van der Waals surface area contributed by atoms with Crippen LogP contribution in [0.1, 0.15) is 66.5 Å². The van der Waals surface area contributed by atoms with Crippen molar-refractivity contribution in [2.75, 3.05) is 7.11 Å². The fourth-order valence-corrected chi connectivity index (χ4v) is 2.60. The van der Waals surface area contributed by atoms with E-state index in [1.165, 1.54) is 0 Å². The molecule has 0 saturated heterocycles. The molecule has 0 fully saturated rings. The Morgan fingerprint density at radius 3 is 1.09 bits per heavy atom. The second kappa shape index (κ2) is 16.0. The third-order valence-corrected chi connectivity index (χ3v) is 3.81. The molecule has 1 N–H and O–H groups in total. The summed E-state index contributed by atoms with van der Waals surface area (Å²) in [6, 6.07) is 23.6. The summed E-state index contributed by atoms with van der Waals surface area (Å²) in [7, 11) is 1.66. The van der Waals surface area contributed by atoms with Gasteiger partial charge in [0.2, 0.25) is 0 Å². The van der Waals surface area contributed by atoms with Crippen LogP contribution in [-0.4, -0.2) is 29.8 Å². The van der Waals surface area contributed by atoms with Crippen molar-refractivity contribution in [2.24, 2.45) is 0 Å². The second-order valence-electron chi connectivity index (χ2n) is 5.79. The largest absolute Gasteiger partial charge is 0.497 e. The first-order valence-electron chi connectivity index (χ1n) is 10.5. The molecule has 0 aliphatic heterocycles. The number of fused-ring (bicyclic) bond motifs is 2. The summed E-state index contributed by atoms with van der Waals surface area (Å²) < 4.78 is 4.91. The number of ketones is 2. The van der Waals surface area contributed by atoms with Crippen LogP contribution in [0.4, 0.5) is 0 Å². The van der Waals surface area contributed by atoms with Gasteiger partial charge in [0.1, 0.15) is 5.75 Å². The van der Waals surface area contributed by atoms with Crippen LogP contribution in [0, 0.1) is 0 Å². The minimum atomic E-state index is -0.833. The van der Waals surface area contributed by atoms with E-state index < -0.39 is 5.97 Å². The van der Waals surface area contributed by atoms with E-state index in [1.54, 1.807) is 55.6 Å². The molecular weight excluding hydrogens is 404 g/mol. The molecule has 1 aliphatic carbocycles. The first-order valence-corrected chi connectivity index (χ1v) is 10.5. The summed E-state index contributed by atoms with van der Waals surface area (Å²) in [6.07, 6.45) is 0. The zero-order chi connectivity index (χ0) is 24.5. The molecule has 0 spiro atoms. The number of para-hydroxylation sites is 1. The number of carboxylic acid groups (broad SMARTS) is 1. The van der Waals surface area contributed by atoms with E-state index in [4.69, 9.17) is 14.6 Å². The molecule has 0 radical (unpaired) electrons. The standard InChI is InChI=1S/C14H8O2.C7H8O.C2H4O2.2C2H6/c15-13-9-5-1-2-6-10(9)14(16)12-8-4-3-7-11(12)13;1-8-7-5-3-2-4-6-7;1-2(3)4;2*1-2/h1-8H;2-6H,1H3;1H3,(H,3,4);2*1-2H3. The molecule has 5 heteroatoms. The van der Waals surface area contributed by atoms with Crippen molar-refractivity contribution in [1.82, 2.24) is 0 Å². The topological polar surface area (TPSA) is 80.7 Å². The lowest BCUT2D eigenvalue weighted by Gasteiger charge is -2.16. The van der Waals surface area contributed by atoms with Crippen molar-refractivity contribution in [3.63, 3.8) is 0 Å². The average molecular weight is 437 g/mol. The van der Waals surface area contributed by atoms with Gasteiger partial charge in [-0.25, -0.2) is 0 Å². The quantitative estimate of drug-likeness (QED) is 0.379. The third kappa shape index (κ3) is 8.56. The molecule has 3 aromatic rings. The van der Waals surface area contributed by atoms with E-state index in [0.29, 0.717) is 22.3 Å². The van der Waals surface area contributed by atoms with Gasteiger partial charge in [-0.15, -0.1) is 0 Å². The minimum absolute atomic E-state index is 0.0641. The minimum Gasteiger partial charge on any atom is -0.497 e. The molecule has 0 aromatic heterocycles. The molecule has 1 aliphatic rings. The zero-order valence-corrected chi connectivity index (χ0v) is 19.6. The van der Waals surface area contributed by atoms with Crippen molar-refractivity contribution in [2.45, 2.75) is 34.6 Å². The van der Waals surface area contributed by atoms with E-state index in [0.717, 1.165) is 12.7 Å². The second-order valence-corrected chi connectivity index (χ2v) is 5.79. The number of carbonyl (C=O) groups excluding carboxylic acids is 2. The fourth-order valence-electron chi connectivity index (χ4n) is 2.60. The number of hydrogen-bond acceptors (Lipinski definition) is 4. The molecule has 0 heterocycles. The number of methoxy groups -OCH3 is 1. The van der Waals surface area contributed by atoms with E-state index in [-0.39, 0.29) is 11.6 Å². The van der Waals surface area contributed by atoms with Crippen LogP contribution in [0.25, 0.3) is 0 Å². The Labute approximate surface area is 190 Å². The molecule has 170 valence electrons. The Kier molecular flexibility index (Phi) is 14.2. The Morgan fingerprint density at radius 2 is 0.875 bits per heavy atom. The first-order chi connectivity index (χ1) is 15.5. The predicted octanol–water partition coefficient (Wildman–Crippen LogP) is 6.30. The molecule has 32 heavy (non-hydrogen) atoms. The Bertz CT molecular complexity index is 869. The van der Waals surface area contributed by atoms with Crippen LogP contribution in [0.15, 0.2) is 78.9 Å². The monoisotopic (exact) mass is 436 g/mol. The molecule has 3 aromatic carbocycles. The van der Waals surface area contributed by atoms with Gasteiger partial charge in [0, 0.05) is 29.2 Å². The third-order valence-electron chi connectivity index (χ3n) is 3.81. The summed E-state index contributed by atoms with van der Waals surface area (Å²) in [5.41, 5.74) is 2.02. The van der Waals surface area contributed by atoms with E-state index in [9.17, 15) is 9.59 Å². The highest BCUT2D eigenvalue weighted by atomic mass is 16.5. The van der Waals surface area contributed by atoms with E-state index >= 15 is 0 Å². The van der Waals surface area contributed by atoms with Crippen molar-refractivity contribution in [1.29, 1.82) is 0 Å². The number of carboxylic acids is 1. The van der Waals surface area contributed by atoms with E-state index in [2.05, 4.69) is 0 Å². The van der Waals surface area contributed by atoms with Crippen molar-refractivity contribution < 1.29 is 24.2 Å². The number of carbonyl (C=O) groups is 3. The van der Waals surface area contributed by atoms with Crippen molar-refractivity contribution in [3.8, 4) is 5.75 Å². The Balaban J connectivity index is 0.000000506. The normalized spacial score (nSPS) is 9.94. The maximum Gasteiger partial charge on any atom is 0.300 e. The van der Waals surface area contributed by atoms with Crippen LogP contribution in [0.3, 0.4) is 0 Å². The highest BCUT2D eigenvalue weighted by Gasteiger charge is 2.28. The van der Waals surface area contributed by atoms with Gasteiger partial charge in [0.05, 0.1) is 7.11 Å². The molecule has 0 bridgehead atoms. The van der Waals surface area contributed by atoms with Gasteiger partial charge < -0.3 is 9.84 Å². The molecule has 0 amide bonds. The average Bonchev–Trinajstić information content (AvgIpc) is 2.85. The Hall–Kier alpha value is -3.73. The number of benzene rings is 3. The summed E-state index contributed by atoms with van der Waals surface area (Å²) in [5, 5.41) is 7.42. The number of rotatable bonds is 1. The van der Waals surface area contributed by atoms with Crippen LogP contribution in [0.2, 0.25) is 0 Å². The van der Waals surface area contributed by atoms with Crippen LogP contribution in [0.5, 0.6) is 5.75 Å². The highest BCUT2D eigenvalue weighted by Crippen LogP contribution is 2.26. The number of ether oxygens (including phenoxy) is 1.